The molecule has 1 aliphatic rings. The summed E-state index contributed by atoms with van der Waals surface area (Å²) in [6.45, 7) is 0. The Hall–Kier alpha value is -6.00. The predicted molar refractivity (Wildman–Crippen MR) is 224 cm³/mol. The molecule has 0 amide bonds. The van der Waals surface area contributed by atoms with Crippen LogP contribution < -0.4 is 4.90 Å². The van der Waals surface area contributed by atoms with E-state index in [0.717, 1.165) is 17.1 Å². The molecule has 0 fully saturated rings. The third kappa shape index (κ3) is 4.27. The van der Waals surface area contributed by atoms with Crippen LogP contribution in [-0.2, 0) is 5.41 Å². The van der Waals surface area contributed by atoms with E-state index in [1.165, 1.54) is 73.7 Å². The Kier molecular flexibility index (Phi) is 6.57. The van der Waals surface area contributed by atoms with Crippen LogP contribution in [0.2, 0.25) is 0 Å². The Morgan fingerprint density at radius 2 is 0.769 bits per heavy atom. The molecular weight excluding hydrogens is 667 g/mol. The minimum Gasteiger partial charge on any atom is -0.310 e. The maximum absolute atomic E-state index is 2.47. The first kappa shape index (κ1) is 29.7. The van der Waals surface area contributed by atoms with Gasteiger partial charge in [0.1, 0.15) is 0 Å². The van der Waals surface area contributed by atoms with E-state index in [2.05, 4.69) is 193 Å². The Bertz CT molecular complexity index is 2820. The van der Waals surface area contributed by atoms with Crippen molar-refractivity contribution in [2.45, 2.75) is 5.41 Å². The molecule has 0 atom stereocenters. The zero-order valence-electron chi connectivity index (χ0n) is 28.2. The van der Waals surface area contributed by atoms with E-state index in [1.807, 2.05) is 22.7 Å². The molecule has 244 valence electrons. The normalized spacial score (nSPS) is 13.2. The summed E-state index contributed by atoms with van der Waals surface area (Å²) in [5.41, 5.74) is 10.7. The number of anilines is 3. The van der Waals surface area contributed by atoms with Gasteiger partial charge in [-0.2, -0.15) is 0 Å². The lowest BCUT2D eigenvalue weighted by Gasteiger charge is -2.35. The molecule has 2 heterocycles. The lowest BCUT2D eigenvalue weighted by Crippen LogP contribution is -2.28. The third-order valence-electron chi connectivity index (χ3n) is 10.9. The second-order valence-corrected chi connectivity index (χ2v) is 15.8. The molecule has 11 rings (SSSR count). The van der Waals surface area contributed by atoms with E-state index in [9.17, 15) is 0 Å². The van der Waals surface area contributed by atoms with Crippen LogP contribution in [0.1, 0.15) is 22.3 Å². The molecule has 1 aliphatic carbocycles. The average Bonchev–Trinajstić information content (AvgIpc) is 3.87. The first-order valence-corrected chi connectivity index (χ1v) is 19.4. The molecule has 0 N–H and O–H groups in total. The van der Waals surface area contributed by atoms with Crippen molar-refractivity contribution in [2.75, 3.05) is 4.90 Å². The van der Waals surface area contributed by atoms with E-state index in [0.29, 0.717) is 0 Å². The highest BCUT2D eigenvalue weighted by molar-refractivity contribution is 7.26. The zero-order valence-corrected chi connectivity index (χ0v) is 29.8. The number of rotatable bonds is 5. The van der Waals surface area contributed by atoms with Gasteiger partial charge in [-0.15, -0.1) is 22.7 Å². The lowest BCUT2D eigenvalue weighted by atomic mass is 9.67. The summed E-state index contributed by atoms with van der Waals surface area (Å²) in [5.74, 6) is 0. The van der Waals surface area contributed by atoms with Crippen molar-refractivity contribution in [2.24, 2.45) is 0 Å². The van der Waals surface area contributed by atoms with Crippen LogP contribution >= 0.6 is 22.7 Å². The van der Waals surface area contributed by atoms with Crippen molar-refractivity contribution in [3.8, 4) is 11.1 Å². The van der Waals surface area contributed by atoms with E-state index < -0.39 is 5.41 Å². The molecule has 0 bridgehead atoms. The van der Waals surface area contributed by atoms with Crippen molar-refractivity contribution < 1.29 is 0 Å². The van der Waals surface area contributed by atoms with Gasteiger partial charge in [-0.3, -0.25) is 0 Å². The number of thiophene rings is 2. The van der Waals surface area contributed by atoms with E-state index >= 15 is 0 Å². The van der Waals surface area contributed by atoms with Crippen LogP contribution in [0, 0.1) is 0 Å². The van der Waals surface area contributed by atoms with Crippen LogP contribution in [0.25, 0.3) is 51.5 Å². The first-order valence-electron chi connectivity index (χ1n) is 17.8. The molecular formula is C49H31NS2. The Morgan fingerprint density at radius 3 is 1.37 bits per heavy atom. The van der Waals surface area contributed by atoms with Gasteiger partial charge in [0.05, 0.1) is 5.41 Å². The van der Waals surface area contributed by atoms with Gasteiger partial charge in [-0.05, 0) is 94.0 Å². The van der Waals surface area contributed by atoms with Crippen molar-refractivity contribution in [1.82, 2.24) is 0 Å². The van der Waals surface area contributed by atoms with Crippen molar-refractivity contribution in [3.05, 3.63) is 210 Å². The minimum atomic E-state index is -0.475. The molecule has 0 saturated heterocycles. The Morgan fingerprint density at radius 1 is 0.327 bits per heavy atom. The van der Waals surface area contributed by atoms with Gasteiger partial charge in [0.2, 0.25) is 0 Å². The van der Waals surface area contributed by atoms with Crippen LogP contribution in [0.4, 0.5) is 17.1 Å². The summed E-state index contributed by atoms with van der Waals surface area (Å²) in [6, 6.07) is 69.9. The molecule has 3 heteroatoms. The molecule has 0 spiro atoms. The number of benzene rings is 8. The van der Waals surface area contributed by atoms with Gasteiger partial charge in [0, 0.05) is 57.4 Å². The quantitative estimate of drug-likeness (QED) is 0.173. The van der Waals surface area contributed by atoms with Crippen LogP contribution in [-0.4, -0.2) is 0 Å². The lowest BCUT2D eigenvalue weighted by molar-refractivity contribution is 0.768. The largest absolute Gasteiger partial charge is 0.310 e. The highest BCUT2D eigenvalue weighted by atomic mass is 32.1. The highest BCUT2D eigenvalue weighted by Crippen LogP contribution is 2.57. The van der Waals surface area contributed by atoms with Gasteiger partial charge in [-0.1, -0.05) is 127 Å². The van der Waals surface area contributed by atoms with Gasteiger partial charge < -0.3 is 4.90 Å². The number of fused-ring (bicyclic) bond motifs is 9. The van der Waals surface area contributed by atoms with Gasteiger partial charge >= 0.3 is 0 Å². The van der Waals surface area contributed by atoms with Crippen LogP contribution in [0.15, 0.2) is 188 Å². The number of hydrogen-bond donors (Lipinski definition) is 0. The molecule has 52 heavy (non-hydrogen) atoms. The molecule has 8 aromatic carbocycles. The topological polar surface area (TPSA) is 3.24 Å². The summed E-state index contributed by atoms with van der Waals surface area (Å²) in [6.07, 6.45) is 0. The molecule has 2 aromatic heterocycles. The van der Waals surface area contributed by atoms with E-state index in [-0.39, 0.29) is 0 Å². The van der Waals surface area contributed by atoms with E-state index in [1.54, 1.807) is 0 Å². The SMILES string of the molecule is c1ccc(C2(c3ccccc3)c3ccccc3-c3ccc(N(c4ccc5sc6ccccc6c5c4)c4ccc5sc6ccccc6c5c4)cc32)cc1. The second-order valence-electron chi connectivity index (χ2n) is 13.7. The fraction of sp³-hybridized carbons (Fsp3) is 0.0204. The summed E-state index contributed by atoms with van der Waals surface area (Å²) in [4.78, 5) is 2.47. The van der Waals surface area contributed by atoms with Crippen molar-refractivity contribution in [3.63, 3.8) is 0 Å². The first-order chi connectivity index (χ1) is 25.8. The summed E-state index contributed by atoms with van der Waals surface area (Å²) < 4.78 is 5.25. The fourth-order valence-corrected chi connectivity index (χ4v) is 10.9. The van der Waals surface area contributed by atoms with E-state index in [4.69, 9.17) is 0 Å². The number of hydrogen-bond acceptors (Lipinski definition) is 3. The molecule has 1 nitrogen and oxygen atoms in total. The monoisotopic (exact) mass is 697 g/mol. The summed E-state index contributed by atoms with van der Waals surface area (Å²) in [5, 5.41) is 5.20. The number of nitrogens with zero attached hydrogens (tertiary/aromatic N) is 1. The highest BCUT2D eigenvalue weighted by Gasteiger charge is 2.46. The van der Waals surface area contributed by atoms with Crippen molar-refractivity contribution in [1.29, 1.82) is 0 Å². The van der Waals surface area contributed by atoms with Gasteiger partial charge in [-0.25, -0.2) is 0 Å². The molecule has 10 aromatic rings. The fourth-order valence-electron chi connectivity index (χ4n) is 8.73. The Labute approximate surface area is 310 Å². The molecule has 0 radical (unpaired) electrons. The van der Waals surface area contributed by atoms with Crippen LogP contribution in [0.5, 0.6) is 0 Å². The third-order valence-corrected chi connectivity index (χ3v) is 13.2. The maximum atomic E-state index is 2.47. The molecule has 0 saturated carbocycles. The maximum Gasteiger partial charge on any atom is 0.0714 e. The molecule has 0 unspecified atom stereocenters. The molecule has 0 aliphatic heterocycles. The van der Waals surface area contributed by atoms with Crippen LogP contribution in [0.3, 0.4) is 0 Å². The second kappa shape index (κ2) is 11.5. The summed E-state index contributed by atoms with van der Waals surface area (Å²) >= 11 is 3.73. The predicted octanol–water partition coefficient (Wildman–Crippen LogP) is 14.3. The zero-order chi connectivity index (χ0) is 34.2. The summed E-state index contributed by atoms with van der Waals surface area (Å²) in [7, 11) is 0. The standard InChI is InChI=1S/C49H31NS2/c1-3-13-32(14-4-1)49(33-15-5-2-6-16-33)43-20-10-7-17-37(43)38-26-23-36(31-44(38)49)50(34-24-27-47-41(29-34)39-18-8-11-21-45(39)51-47)35-25-28-48-42(30-35)40-19-9-12-22-46(40)52-48/h1-31H. The van der Waals surface area contributed by atoms with Gasteiger partial charge in [0.15, 0.2) is 0 Å². The smallest absolute Gasteiger partial charge is 0.0714 e. The van der Waals surface area contributed by atoms with Gasteiger partial charge in [0.25, 0.3) is 0 Å². The van der Waals surface area contributed by atoms with Crippen molar-refractivity contribution >= 4 is 80.1 Å². The Balaban J connectivity index is 1.21. The minimum absolute atomic E-state index is 0.475. The average molecular weight is 698 g/mol.